The van der Waals surface area contributed by atoms with Crippen LogP contribution in [0.5, 0.6) is 5.75 Å². The number of aromatic nitrogens is 1. The van der Waals surface area contributed by atoms with Crippen molar-refractivity contribution in [3.05, 3.63) is 59.9 Å². The quantitative estimate of drug-likeness (QED) is 0.862. The molecule has 4 heteroatoms. The van der Waals surface area contributed by atoms with Crippen molar-refractivity contribution in [1.29, 1.82) is 0 Å². The second-order valence-corrected chi connectivity index (χ2v) is 4.14. The first kappa shape index (κ1) is 13.1. The van der Waals surface area contributed by atoms with Crippen molar-refractivity contribution >= 4 is 5.97 Å². The molecule has 1 N–H and O–H groups in total. The van der Waals surface area contributed by atoms with E-state index in [2.05, 4.69) is 4.98 Å². The third-order valence-corrected chi connectivity index (χ3v) is 2.61. The van der Waals surface area contributed by atoms with Crippen LogP contribution in [0.25, 0.3) is 0 Å². The maximum absolute atomic E-state index is 10.6. The molecule has 0 unspecified atom stereocenters. The third-order valence-electron chi connectivity index (χ3n) is 2.61. The molecule has 4 nitrogen and oxygen atoms in total. The molecule has 1 aromatic heterocycles. The van der Waals surface area contributed by atoms with E-state index in [9.17, 15) is 4.79 Å². The van der Waals surface area contributed by atoms with E-state index in [1.54, 1.807) is 24.4 Å². The van der Waals surface area contributed by atoms with Crippen LogP contribution in [0.2, 0.25) is 0 Å². The first-order valence-corrected chi connectivity index (χ1v) is 6.07. The summed E-state index contributed by atoms with van der Waals surface area (Å²) in [7, 11) is 0. The van der Waals surface area contributed by atoms with Gasteiger partial charge in [0.15, 0.2) is 0 Å². The number of hydrogen-bond donors (Lipinski definition) is 1. The third kappa shape index (κ3) is 4.43. The summed E-state index contributed by atoms with van der Waals surface area (Å²) < 4.78 is 5.60. The van der Waals surface area contributed by atoms with Gasteiger partial charge in [-0.3, -0.25) is 9.78 Å². The predicted octanol–water partition coefficient (Wildman–Crippen LogP) is 2.33. The second-order valence-electron chi connectivity index (χ2n) is 4.14. The van der Waals surface area contributed by atoms with Crippen molar-refractivity contribution in [2.45, 2.75) is 12.8 Å². The Labute approximate surface area is 111 Å². The van der Waals surface area contributed by atoms with Crippen molar-refractivity contribution < 1.29 is 14.6 Å². The van der Waals surface area contributed by atoms with Crippen LogP contribution in [0.15, 0.2) is 48.7 Å². The van der Waals surface area contributed by atoms with Gasteiger partial charge in [-0.1, -0.05) is 18.2 Å². The summed E-state index contributed by atoms with van der Waals surface area (Å²) in [4.78, 5) is 14.8. The Morgan fingerprint density at radius 2 is 2.11 bits per heavy atom. The zero-order valence-electron chi connectivity index (χ0n) is 10.5. The van der Waals surface area contributed by atoms with Crippen molar-refractivity contribution in [2.75, 3.05) is 6.61 Å². The molecule has 0 atom stereocenters. The summed E-state index contributed by atoms with van der Waals surface area (Å²) in [6.45, 7) is 0.521. The van der Waals surface area contributed by atoms with E-state index in [0.717, 1.165) is 17.7 Å². The summed E-state index contributed by atoms with van der Waals surface area (Å²) in [5.41, 5.74) is 1.71. The van der Waals surface area contributed by atoms with Crippen LogP contribution in [-0.2, 0) is 17.6 Å². The van der Waals surface area contributed by atoms with Crippen LogP contribution in [0.3, 0.4) is 0 Å². The van der Waals surface area contributed by atoms with Crippen LogP contribution in [0, 0.1) is 0 Å². The van der Waals surface area contributed by atoms with Crippen LogP contribution >= 0.6 is 0 Å². The van der Waals surface area contributed by atoms with Gasteiger partial charge in [0.05, 0.1) is 13.0 Å². The number of pyridine rings is 1. The number of benzene rings is 1. The van der Waals surface area contributed by atoms with E-state index >= 15 is 0 Å². The number of carbonyl (C=O) groups is 1. The number of hydrogen-bond acceptors (Lipinski definition) is 3. The molecule has 0 radical (unpaired) electrons. The number of carboxylic acids is 1. The molecule has 0 fully saturated rings. The highest BCUT2D eigenvalue weighted by Crippen LogP contribution is 2.14. The summed E-state index contributed by atoms with van der Waals surface area (Å²) in [5.74, 6) is -0.152. The standard InChI is InChI=1S/C15H15NO3/c17-15(18)11-12-4-3-6-14(10-12)19-9-7-13-5-1-2-8-16-13/h1-6,8,10H,7,9,11H2,(H,17,18). The van der Waals surface area contributed by atoms with Crippen LogP contribution < -0.4 is 4.74 Å². The van der Waals surface area contributed by atoms with E-state index in [-0.39, 0.29) is 6.42 Å². The van der Waals surface area contributed by atoms with Gasteiger partial charge in [-0.2, -0.15) is 0 Å². The normalized spacial score (nSPS) is 10.1. The summed E-state index contributed by atoms with van der Waals surface area (Å²) >= 11 is 0. The molecule has 0 amide bonds. The Kier molecular flexibility index (Phi) is 4.50. The summed E-state index contributed by atoms with van der Waals surface area (Å²) in [6.07, 6.45) is 2.49. The summed E-state index contributed by atoms with van der Waals surface area (Å²) in [5, 5.41) is 8.73. The minimum Gasteiger partial charge on any atom is -0.493 e. The number of ether oxygens (including phenoxy) is 1. The van der Waals surface area contributed by atoms with Crippen molar-refractivity contribution in [3.8, 4) is 5.75 Å². The fraction of sp³-hybridized carbons (Fsp3) is 0.200. The zero-order chi connectivity index (χ0) is 13.5. The van der Waals surface area contributed by atoms with E-state index in [1.807, 2.05) is 24.3 Å². The zero-order valence-corrected chi connectivity index (χ0v) is 10.5. The number of nitrogens with zero attached hydrogens (tertiary/aromatic N) is 1. The van der Waals surface area contributed by atoms with Crippen molar-refractivity contribution in [2.24, 2.45) is 0 Å². The van der Waals surface area contributed by atoms with Gasteiger partial charge >= 0.3 is 5.97 Å². The van der Waals surface area contributed by atoms with Crippen molar-refractivity contribution in [1.82, 2.24) is 4.98 Å². The average molecular weight is 257 g/mol. The lowest BCUT2D eigenvalue weighted by molar-refractivity contribution is -0.136. The SMILES string of the molecule is O=C(O)Cc1cccc(OCCc2ccccn2)c1. The second kappa shape index (κ2) is 6.54. The molecule has 2 aromatic rings. The molecule has 0 aliphatic carbocycles. The van der Waals surface area contributed by atoms with E-state index in [4.69, 9.17) is 9.84 Å². The first-order chi connectivity index (χ1) is 9.24. The molecule has 0 spiro atoms. The van der Waals surface area contributed by atoms with Gasteiger partial charge in [0.1, 0.15) is 5.75 Å². The highest BCUT2D eigenvalue weighted by Gasteiger charge is 2.02. The topological polar surface area (TPSA) is 59.4 Å². The molecular weight excluding hydrogens is 242 g/mol. The van der Waals surface area contributed by atoms with Crippen LogP contribution in [0.1, 0.15) is 11.3 Å². The Morgan fingerprint density at radius 3 is 2.84 bits per heavy atom. The molecule has 19 heavy (non-hydrogen) atoms. The fourth-order valence-corrected chi connectivity index (χ4v) is 1.74. The molecule has 1 heterocycles. The van der Waals surface area contributed by atoms with E-state index in [0.29, 0.717) is 12.4 Å². The minimum absolute atomic E-state index is 0.0114. The lowest BCUT2D eigenvalue weighted by atomic mass is 10.1. The van der Waals surface area contributed by atoms with Crippen LogP contribution in [-0.4, -0.2) is 22.7 Å². The molecule has 98 valence electrons. The number of carboxylic acid groups (broad SMARTS) is 1. The molecule has 0 bridgehead atoms. The van der Waals surface area contributed by atoms with Gasteiger partial charge in [0.25, 0.3) is 0 Å². The Bertz CT molecular complexity index is 540. The highest BCUT2D eigenvalue weighted by molar-refractivity contribution is 5.70. The lowest BCUT2D eigenvalue weighted by Crippen LogP contribution is -2.04. The number of aliphatic carboxylic acids is 1. The largest absolute Gasteiger partial charge is 0.493 e. The van der Waals surface area contributed by atoms with Crippen molar-refractivity contribution in [3.63, 3.8) is 0 Å². The van der Waals surface area contributed by atoms with E-state index in [1.165, 1.54) is 0 Å². The molecular formula is C15H15NO3. The molecule has 0 saturated carbocycles. The van der Waals surface area contributed by atoms with Gasteiger partial charge in [0.2, 0.25) is 0 Å². The van der Waals surface area contributed by atoms with Gasteiger partial charge < -0.3 is 9.84 Å². The molecule has 0 aliphatic rings. The molecule has 0 saturated heterocycles. The Balaban J connectivity index is 1.87. The van der Waals surface area contributed by atoms with Gasteiger partial charge in [-0.25, -0.2) is 0 Å². The Morgan fingerprint density at radius 1 is 1.21 bits per heavy atom. The highest BCUT2D eigenvalue weighted by atomic mass is 16.5. The maximum atomic E-state index is 10.6. The van der Waals surface area contributed by atoms with Crippen LogP contribution in [0.4, 0.5) is 0 Å². The monoisotopic (exact) mass is 257 g/mol. The minimum atomic E-state index is -0.842. The molecule has 0 aliphatic heterocycles. The Hall–Kier alpha value is -2.36. The maximum Gasteiger partial charge on any atom is 0.307 e. The summed E-state index contributed by atoms with van der Waals surface area (Å²) in [6, 6.07) is 12.9. The van der Waals surface area contributed by atoms with Gasteiger partial charge in [-0.15, -0.1) is 0 Å². The van der Waals surface area contributed by atoms with E-state index < -0.39 is 5.97 Å². The van der Waals surface area contributed by atoms with Gasteiger partial charge in [0, 0.05) is 18.3 Å². The predicted molar refractivity (Wildman–Crippen MR) is 71.2 cm³/mol. The molecule has 2 rings (SSSR count). The lowest BCUT2D eigenvalue weighted by Gasteiger charge is -2.07. The van der Waals surface area contributed by atoms with Gasteiger partial charge in [-0.05, 0) is 29.8 Å². The number of rotatable bonds is 6. The average Bonchev–Trinajstić information content (AvgIpc) is 2.40. The molecule has 1 aromatic carbocycles. The fourth-order valence-electron chi connectivity index (χ4n) is 1.74. The first-order valence-electron chi connectivity index (χ1n) is 6.07. The smallest absolute Gasteiger partial charge is 0.307 e.